The molecule has 1 spiro atoms. The van der Waals surface area contributed by atoms with Gasteiger partial charge in [-0.05, 0) is 18.6 Å². The van der Waals surface area contributed by atoms with E-state index in [-0.39, 0.29) is 29.5 Å². The Labute approximate surface area is 148 Å². The lowest BCUT2D eigenvalue weighted by Crippen LogP contribution is -2.68. The van der Waals surface area contributed by atoms with Crippen LogP contribution in [0.25, 0.3) is 0 Å². The topological polar surface area (TPSA) is 117 Å². The van der Waals surface area contributed by atoms with E-state index in [4.69, 9.17) is 4.74 Å². The van der Waals surface area contributed by atoms with Crippen molar-refractivity contribution in [2.24, 2.45) is 0 Å². The molecule has 0 aromatic heterocycles. The number of benzene rings is 1. The molecule has 1 atom stereocenters. The van der Waals surface area contributed by atoms with Gasteiger partial charge in [0.1, 0.15) is 12.6 Å². The van der Waals surface area contributed by atoms with Gasteiger partial charge in [-0.15, -0.1) is 0 Å². The van der Waals surface area contributed by atoms with E-state index in [0.717, 1.165) is 18.0 Å². The van der Waals surface area contributed by atoms with Gasteiger partial charge in [0.15, 0.2) is 5.75 Å². The maximum atomic E-state index is 13.0. The number of piperidine rings is 1. The van der Waals surface area contributed by atoms with Crippen LogP contribution in [0, 0.1) is 0 Å². The highest BCUT2D eigenvalue weighted by Crippen LogP contribution is 2.42. The van der Waals surface area contributed by atoms with Crippen molar-refractivity contribution in [1.29, 1.82) is 0 Å². The molecule has 1 aromatic carbocycles. The van der Waals surface area contributed by atoms with Crippen LogP contribution in [0.3, 0.4) is 0 Å². The first-order valence-corrected chi connectivity index (χ1v) is 8.49. The third-order valence-electron chi connectivity index (χ3n) is 5.38. The molecule has 1 unspecified atom stereocenters. The molecule has 3 N–H and O–H groups in total. The SMILES string of the molecule is O=C1CCC(N2C(=O)c3ccc4c(c3C2=O)OCC2(CNC2)N4)C(=O)N1. The molecule has 4 amide bonds. The summed E-state index contributed by atoms with van der Waals surface area (Å²) in [5.41, 5.74) is 0.897. The van der Waals surface area contributed by atoms with Crippen LogP contribution in [-0.4, -0.2) is 59.8 Å². The van der Waals surface area contributed by atoms with Crippen LogP contribution < -0.4 is 20.7 Å². The summed E-state index contributed by atoms with van der Waals surface area (Å²) in [4.78, 5) is 50.2. The molecule has 26 heavy (non-hydrogen) atoms. The van der Waals surface area contributed by atoms with E-state index in [2.05, 4.69) is 16.0 Å². The fourth-order valence-corrected chi connectivity index (χ4v) is 3.92. The van der Waals surface area contributed by atoms with Gasteiger partial charge in [-0.2, -0.15) is 0 Å². The summed E-state index contributed by atoms with van der Waals surface area (Å²) in [5, 5.41) is 8.76. The van der Waals surface area contributed by atoms with Crippen LogP contribution in [0.2, 0.25) is 0 Å². The van der Waals surface area contributed by atoms with Gasteiger partial charge in [-0.1, -0.05) is 0 Å². The van der Waals surface area contributed by atoms with Crippen LogP contribution in [0.5, 0.6) is 5.75 Å². The lowest BCUT2D eigenvalue weighted by atomic mass is 9.91. The number of hydrogen-bond acceptors (Lipinski definition) is 7. The molecule has 0 bridgehead atoms. The van der Waals surface area contributed by atoms with Crippen LogP contribution in [0.4, 0.5) is 5.69 Å². The number of carbonyl (C=O) groups is 4. The first-order valence-electron chi connectivity index (χ1n) is 8.49. The van der Waals surface area contributed by atoms with Crippen molar-refractivity contribution in [3.8, 4) is 5.75 Å². The number of anilines is 1. The summed E-state index contributed by atoms with van der Waals surface area (Å²) in [6.45, 7) is 1.92. The lowest BCUT2D eigenvalue weighted by molar-refractivity contribution is -0.136. The third kappa shape index (κ3) is 1.94. The molecule has 5 rings (SSSR count). The van der Waals surface area contributed by atoms with Crippen molar-refractivity contribution in [1.82, 2.24) is 15.5 Å². The van der Waals surface area contributed by atoms with Gasteiger partial charge in [-0.3, -0.25) is 29.4 Å². The molecule has 134 valence electrons. The Morgan fingerprint density at radius 1 is 1.12 bits per heavy atom. The average molecular weight is 356 g/mol. The highest BCUT2D eigenvalue weighted by molar-refractivity contribution is 6.25. The summed E-state index contributed by atoms with van der Waals surface area (Å²) < 4.78 is 5.87. The van der Waals surface area contributed by atoms with Gasteiger partial charge in [0.2, 0.25) is 11.8 Å². The number of rotatable bonds is 1. The zero-order valence-corrected chi connectivity index (χ0v) is 13.8. The Hall–Kier alpha value is -2.94. The molecule has 2 fully saturated rings. The average Bonchev–Trinajstić information content (AvgIpc) is 2.84. The van der Waals surface area contributed by atoms with Crippen molar-refractivity contribution >= 4 is 29.3 Å². The third-order valence-corrected chi connectivity index (χ3v) is 5.38. The largest absolute Gasteiger partial charge is 0.488 e. The zero-order valence-electron chi connectivity index (χ0n) is 13.8. The fourth-order valence-electron chi connectivity index (χ4n) is 3.92. The molecule has 0 aliphatic carbocycles. The van der Waals surface area contributed by atoms with E-state index in [1.54, 1.807) is 12.1 Å². The maximum Gasteiger partial charge on any atom is 0.266 e. The molecule has 4 aliphatic heterocycles. The van der Waals surface area contributed by atoms with Crippen LogP contribution in [0.15, 0.2) is 12.1 Å². The van der Waals surface area contributed by atoms with E-state index in [0.29, 0.717) is 18.0 Å². The monoisotopic (exact) mass is 356 g/mol. The van der Waals surface area contributed by atoms with Crippen LogP contribution in [-0.2, 0) is 9.59 Å². The van der Waals surface area contributed by atoms with E-state index in [1.165, 1.54) is 0 Å². The first-order chi connectivity index (χ1) is 12.5. The second kappa shape index (κ2) is 5.04. The zero-order chi connectivity index (χ0) is 18.1. The molecular formula is C17H16N4O5. The normalized spacial score (nSPS) is 25.8. The van der Waals surface area contributed by atoms with Gasteiger partial charge >= 0.3 is 0 Å². The van der Waals surface area contributed by atoms with Crippen molar-refractivity contribution in [2.45, 2.75) is 24.4 Å². The standard InChI is InChI=1S/C17H16N4O5/c22-11-4-3-10(14(23)19-11)21-15(24)8-1-2-9-13(12(8)16(21)25)26-7-17(20-9)5-18-6-17/h1-2,10,18,20H,3-7H2,(H,19,22,23). The Kier molecular flexibility index (Phi) is 2.97. The van der Waals surface area contributed by atoms with Crippen LogP contribution >= 0.6 is 0 Å². The highest BCUT2D eigenvalue weighted by atomic mass is 16.5. The van der Waals surface area contributed by atoms with Crippen molar-refractivity contribution < 1.29 is 23.9 Å². The van der Waals surface area contributed by atoms with Crippen molar-refractivity contribution in [3.05, 3.63) is 23.3 Å². The smallest absolute Gasteiger partial charge is 0.266 e. The van der Waals surface area contributed by atoms with E-state index in [1.807, 2.05) is 0 Å². The Bertz CT molecular complexity index is 891. The second-order valence-electron chi connectivity index (χ2n) is 7.11. The number of carbonyl (C=O) groups excluding carboxylic acids is 4. The molecule has 4 heterocycles. The molecule has 9 heteroatoms. The highest BCUT2D eigenvalue weighted by Gasteiger charge is 2.49. The molecule has 1 aromatic rings. The summed E-state index contributed by atoms with van der Waals surface area (Å²) in [5.74, 6) is -1.75. The number of nitrogens with zero attached hydrogens (tertiary/aromatic N) is 1. The van der Waals surface area contributed by atoms with Gasteiger partial charge in [-0.25, -0.2) is 0 Å². The van der Waals surface area contributed by atoms with E-state index < -0.39 is 29.7 Å². The Morgan fingerprint density at radius 2 is 1.92 bits per heavy atom. The van der Waals surface area contributed by atoms with Gasteiger partial charge < -0.3 is 15.4 Å². The fraction of sp³-hybridized carbons (Fsp3) is 0.412. The second-order valence-corrected chi connectivity index (χ2v) is 7.11. The molecule has 9 nitrogen and oxygen atoms in total. The number of amides is 4. The summed E-state index contributed by atoms with van der Waals surface area (Å²) in [7, 11) is 0. The number of nitrogens with one attached hydrogen (secondary N) is 3. The van der Waals surface area contributed by atoms with Crippen LogP contribution in [0.1, 0.15) is 33.6 Å². The molecule has 0 saturated carbocycles. The summed E-state index contributed by atoms with van der Waals surface area (Å²) >= 11 is 0. The molecule has 2 saturated heterocycles. The lowest BCUT2D eigenvalue weighted by Gasteiger charge is -2.46. The molecule has 4 aliphatic rings. The van der Waals surface area contributed by atoms with Gasteiger partial charge in [0.05, 0.1) is 22.4 Å². The van der Waals surface area contributed by atoms with Crippen molar-refractivity contribution in [3.63, 3.8) is 0 Å². The minimum atomic E-state index is -0.977. The summed E-state index contributed by atoms with van der Waals surface area (Å²) in [6, 6.07) is 2.34. The molecule has 0 radical (unpaired) electrons. The van der Waals surface area contributed by atoms with E-state index >= 15 is 0 Å². The number of hydrogen-bond donors (Lipinski definition) is 3. The minimum Gasteiger partial charge on any atom is -0.488 e. The Morgan fingerprint density at radius 3 is 2.62 bits per heavy atom. The quantitative estimate of drug-likeness (QED) is 0.566. The minimum absolute atomic E-state index is 0.0928. The predicted octanol–water partition coefficient (Wildman–Crippen LogP) is -0.766. The maximum absolute atomic E-state index is 13.0. The van der Waals surface area contributed by atoms with E-state index in [9.17, 15) is 19.2 Å². The molecular weight excluding hydrogens is 340 g/mol. The van der Waals surface area contributed by atoms with Crippen molar-refractivity contribution in [2.75, 3.05) is 25.0 Å². The summed E-state index contributed by atoms with van der Waals surface area (Å²) in [6.07, 6.45) is 0.224. The van der Waals surface area contributed by atoms with Gasteiger partial charge in [0.25, 0.3) is 11.8 Å². The first kappa shape index (κ1) is 15.3. The number of ether oxygens (including phenoxy) is 1. The predicted molar refractivity (Wildman–Crippen MR) is 87.8 cm³/mol. The number of fused-ring (bicyclic) bond motifs is 3. The van der Waals surface area contributed by atoms with Gasteiger partial charge in [0, 0.05) is 19.5 Å². The number of imide groups is 2. The Balaban J connectivity index is 1.52.